The molecule has 0 aliphatic carbocycles. The summed E-state index contributed by atoms with van der Waals surface area (Å²) in [4.78, 5) is 16.2. The van der Waals surface area contributed by atoms with Crippen molar-refractivity contribution in [1.82, 2.24) is 29.5 Å². The highest BCUT2D eigenvalue weighted by Gasteiger charge is 2.19. The van der Waals surface area contributed by atoms with Crippen LogP contribution in [0.2, 0.25) is 0 Å². The number of piperazine rings is 1. The van der Waals surface area contributed by atoms with Gasteiger partial charge in [-0.1, -0.05) is 6.08 Å². The van der Waals surface area contributed by atoms with E-state index in [2.05, 4.69) is 26.8 Å². The number of hydrogen-bond acceptors (Lipinski definition) is 5. The Morgan fingerprint density at radius 3 is 2.55 bits per heavy atom. The third-order valence-electron chi connectivity index (χ3n) is 3.87. The summed E-state index contributed by atoms with van der Waals surface area (Å²) in [7, 11) is 1.93. The second-order valence-corrected chi connectivity index (χ2v) is 5.88. The predicted molar refractivity (Wildman–Crippen MR) is 88.0 cm³/mol. The lowest BCUT2D eigenvalue weighted by atomic mass is 10.3. The van der Waals surface area contributed by atoms with E-state index in [1.165, 1.54) is 0 Å². The van der Waals surface area contributed by atoms with Crippen molar-refractivity contribution < 1.29 is 4.79 Å². The molecule has 0 aromatic carbocycles. The summed E-state index contributed by atoms with van der Waals surface area (Å²) in [5, 5.41) is 7.26. The highest BCUT2D eigenvalue weighted by molar-refractivity contribution is 7.71. The largest absolute Gasteiger partial charge is 0.352 e. The molecule has 122 valence electrons. The van der Waals surface area contributed by atoms with Gasteiger partial charge in [-0.15, -0.1) is 6.58 Å². The average molecular weight is 324 g/mol. The van der Waals surface area contributed by atoms with Crippen molar-refractivity contribution in [3.05, 3.63) is 23.3 Å². The van der Waals surface area contributed by atoms with E-state index in [4.69, 9.17) is 12.2 Å². The van der Waals surface area contributed by atoms with Crippen LogP contribution in [0.4, 0.5) is 0 Å². The van der Waals surface area contributed by atoms with Crippen LogP contribution >= 0.6 is 12.2 Å². The third-order valence-corrected chi connectivity index (χ3v) is 4.35. The number of aromatic nitrogens is 3. The lowest BCUT2D eigenvalue weighted by molar-refractivity contribution is -0.122. The van der Waals surface area contributed by atoms with E-state index in [1.807, 2.05) is 23.2 Å². The summed E-state index contributed by atoms with van der Waals surface area (Å²) < 4.78 is 4.51. The molecule has 2 rings (SSSR count). The van der Waals surface area contributed by atoms with E-state index in [-0.39, 0.29) is 5.91 Å². The van der Waals surface area contributed by atoms with Crippen molar-refractivity contribution in [1.29, 1.82) is 0 Å². The van der Waals surface area contributed by atoms with Crippen LogP contribution in [0.3, 0.4) is 0 Å². The smallest absolute Gasteiger partial charge is 0.234 e. The second kappa shape index (κ2) is 7.66. The molecule has 2 heterocycles. The van der Waals surface area contributed by atoms with Crippen LogP contribution in [-0.2, 0) is 18.5 Å². The van der Waals surface area contributed by atoms with Gasteiger partial charge in [0.05, 0.1) is 13.2 Å². The minimum Gasteiger partial charge on any atom is -0.352 e. The number of aryl methyl sites for hydroxylation is 1. The van der Waals surface area contributed by atoms with Gasteiger partial charge in [-0.2, -0.15) is 5.10 Å². The average Bonchev–Trinajstić information content (AvgIpc) is 2.74. The molecule has 1 saturated heterocycles. The lowest BCUT2D eigenvalue weighted by Crippen LogP contribution is -2.49. The molecule has 0 unspecified atom stereocenters. The van der Waals surface area contributed by atoms with Gasteiger partial charge >= 0.3 is 0 Å². The molecule has 1 aromatic heterocycles. The van der Waals surface area contributed by atoms with Crippen molar-refractivity contribution in [3.8, 4) is 0 Å². The Morgan fingerprint density at radius 1 is 1.36 bits per heavy atom. The first kappa shape index (κ1) is 16.9. The van der Waals surface area contributed by atoms with Gasteiger partial charge in [0, 0.05) is 39.8 Å². The minimum atomic E-state index is 0.0518. The van der Waals surface area contributed by atoms with E-state index in [0.717, 1.165) is 36.8 Å². The van der Waals surface area contributed by atoms with Crippen molar-refractivity contribution in [3.63, 3.8) is 0 Å². The highest BCUT2D eigenvalue weighted by Crippen LogP contribution is 2.05. The molecule has 8 heteroatoms. The molecule has 0 saturated carbocycles. The van der Waals surface area contributed by atoms with Crippen molar-refractivity contribution in [2.24, 2.45) is 7.05 Å². The van der Waals surface area contributed by atoms with E-state index >= 15 is 0 Å². The topological polar surface area (TPSA) is 58.3 Å². The van der Waals surface area contributed by atoms with Crippen molar-refractivity contribution in [2.75, 3.05) is 39.3 Å². The molecular weight excluding hydrogens is 300 g/mol. The highest BCUT2D eigenvalue weighted by atomic mass is 32.1. The van der Waals surface area contributed by atoms with E-state index < -0.39 is 0 Å². The number of carbonyl (C=O) groups is 1. The van der Waals surface area contributed by atoms with Crippen LogP contribution in [-0.4, -0.2) is 69.3 Å². The Labute approximate surface area is 136 Å². The van der Waals surface area contributed by atoms with Crippen molar-refractivity contribution >= 4 is 18.1 Å². The summed E-state index contributed by atoms with van der Waals surface area (Å²) in [6.45, 7) is 10.8. The fourth-order valence-electron chi connectivity index (χ4n) is 2.41. The van der Waals surface area contributed by atoms with Gasteiger partial charge in [0.2, 0.25) is 5.91 Å². The maximum absolute atomic E-state index is 11.7. The molecule has 1 aliphatic rings. The fourth-order valence-corrected chi connectivity index (χ4v) is 2.64. The van der Waals surface area contributed by atoms with E-state index in [1.54, 1.807) is 6.08 Å². The number of nitrogens with one attached hydrogen (secondary N) is 1. The van der Waals surface area contributed by atoms with Crippen LogP contribution in [0.25, 0.3) is 0 Å². The van der Waals surface area contributed by atoms with Gasteiger partial charge in [-0.05, 0) is 19.1 Å². The fraction of sp³-hybridized carbons (Fsp3) is 0.643. The maximum Gasteiger partial charge on any atom is 0.234 e. The SMILES string of the molecule is C=CCNC(=O)CN1CCN(Cn2nc(C)n(C)c2=S)CC1. The molecule has 1 aliphatic heterocycles. The van der Waals surface area contributed by atoms with E-state index in [0.29, 0.717) is 19.8 Å². The van der Waals surface area contributed by atoms with Crippen LogP contribution in [0, 0.1) is 11.7 Å². The Morgan fingerprint density at radius 2 is 2.00 bits per heavy atom. The summed E-state index contributed by atoms with van der Waals surface area (Å²) in [6, 6.07) is 0. The zero-order chi connectivity index (χ0) is 16.1. The Bertz CT molecular complexity index is 585. The molecule has 0 spiro atoms. The molecule has 7 nitrogen and oxygen atoms in total. The van der Waals surface area contributed by atoms with Crippen LogP contribution in [0.1, 0.15) is 5.82 Å². The van der Waals surface area contributed by atoms with Crippen LogP contribution < -0.4 is 5.32 Å². The first-order valence-electron chi connectivity index (χ1n) is 7.44. The van der Waals surface area contributed by atoms with Crippen molar-refractivity contribution in [2.45, 2.75) is 13.6 Å². The Kier molecular flexibility index (Phi) is 5.87. The van der Waals surface area contributed by atoms with Gasteiger partial charge in [-0.3, -0.25) is 14.6 Å². The Balaban J connectivity index is 1.79. The number of nitrogens with zero attached hydrogens (tertiary/aromatic N) is 5. The minimum absolute atomic E-state index is 0.0518. The standard InChI is InChI=1S/C14H24N6OS/c1-4-5-15-13(21)10-18-6-8-19(9-7-18)11-20-14(22)17(3)12(2)16-20/h4H,1,5-11H2,2-3H3,(H,15,21). The zero-order valence-corrected chi connectivity index (χ0v) is 14.1. The molecule has 0 bridgehead atoms. The summed E-state index contributed by atoms with van der Waals surface area (Å²) in [5.74, 6) is 0.971. The number of hydrogen-bond donors (Lipinski definition) is 1. The van der Waals surface area contributed by atoms with Gasteiger partial charge in [0.1, 0.15) is 5.82 Å². The molecule has 1 fully saturated rings. The summed E-state index contributed by atoms with van der Waals surface area (Å²) >= 11 is 5.37. The predicted octanol–water partition coefficient (Wildman–Crippen LogP) is 0.137. The molecule has 1 aromatic rings. The van der Waals surface area contributed by atoms with Gasteiger partial charge in [0.25, 0.3) is 0 Å². The lowest BCUT2D eigenvalue weighted by Gasteiger charge is -2.33. The van der Waals surface area contributed by atoms with Crippen LogP contribution in [0.5, 0.6) is 0 Å². The molecule has 1 N–H and O–H groups in total. The molecular formula is C14H24N6OS. The number of amides is 1. The maximum atomic E-state index is 11.7. The van der Waals surface area contributed by atoms with E-state index in [9.17, 15) is 4.79 Å². The Hall–Kier alpha value is -1.51. The van der Waals surface area contributed by atoms with Crippen LogP contribution in [0.15, 0.2) is 12.7 Å². The first-order valence-corrected chi connectivity index (χ1v) is 7.85. The first-order chi connectivity index (χ1) is 10.5. The molecule has 22 heavy (non-hydrogen) atoms. The normalized spacial score (nSPS) is 16.6. The molecule has 1 amide bonds. The van der Waals surface area contributed by atoms with Gasteiger partial charge in [0.15, 0.2) is 4.77 Å². The second-order valence-electron chi connectivity index (χ2n) is 5.52. The number of carbonyl (C=O) groups excluding carboxylic acids is 1. The van der Waals surface area contributed by atoms with Gasteiger partial charge in [-0.25, -0.2) is 4.68 Å². The quantitative estimate of drug-likeness (QED) is 0.596. The number of rotatable bonds is 6. The zero-order valence-electron chi connectivity index (χ0n) is 13.3. The third kappa shape index (κ3) is 4.25. The molecule has 0 radical (unpaired) electrons. The monoisotopic (exact) mass is 324 g/mol. The summed E-state index contributed by atoms with van der Waals surface area (Å²) in [5.41, 5.74) is 0. The van der Waals surface area contributed by atoms with Gasteiger partial charge < -0.3 is 9.88 Å². The molecule has 0 atom stereocenters. The summed E-state index contributed by atoms with van der Waals surface area (Å²) in [6.07, 6.45) is 1.69.